The van der Waals surface area contributed by atoms with Crippen molar-refractivity contribution in [2.24, 2.45) is 0 Å². The quantitative estimate of drug-likeness (QED) is 0.584. The summed E-state index contributed by atoms with van der Waals surface area (Å²) in [5.41, 5.74) is 1.38. The third-order valence-corrected chi connectivity index (χ3v) is 6.21. The second-order valence-corrected chi connectivity index (χ2v) is 10.5. The summed E-state index contributed by atoms with van der Waals surface area (Å²) in [6.45, 7) is 4.26. The average Bonchev–Trinajstić information content (AvgIpc) is 2.73. The number of hydrogen-bond acceptors (Lipinski definition) is 6. The molecule has 1 aliphatic rings. The number of amides is 2. The van der Waals surface area contributed by atoms with Gasteiger partial charge in [0.2, 0.25) is 15.9 Å². The first kappa shape index (κ1) is 25.9. The zero-order chi connectivity index (χ0) is 24.9. The van der Waals surface area contributed by atoms with E-state index in [-0.39, 0.29) is 36.5 Å². The van der Waals surface area contributed by atoms with Gasteiger partial charge in [0.25, 0.3) is 5.91 Å². The van der Waals surface area contributed by atoms with Crippen LogP contribution in [-0.2, 0) is 32.6 Å². The van der Waals surface area contributed by atoms with E-state index in [1.807, 2.05) is 11.6 Å². The Kier molecular flexibility index (Phi) is 8.51. The molecule has 0 aromatic heterocycles. The van der Waals surface area contributed by atoms with E-state index < -0.39 is 15.9 Å². The van der Waals surface area contributed by atoms with Gasteiger partial charge < -0.3 is 9.64 Å². The van der Waals surface area contributed by atoms with Crippen LogP contribution in [0, 0.1) is 5.82 Å². The highest BCUT2D eigenvalue weighted by Gasteiger charge is 2.28. The van der Waals surface area contributed by atoms with E-state index in [4.69, 9.17) is 16.3 Å². The molecular weight excluding hydrogens is 485 g/mol. The zero-order valence-electron chi connectivity index (χ0n) is 19.0. The lowest BCUT2D eigenvalue weighted by Crippen LogP contribution is -2.54. The van der Waals surface area contributed by atoms with Crippen molar-refractivity contribution in [3.05, 3.63) is 64.4 Å². The van der Waals surface area contributed by atoms with Gasteiger partial charge >= 0.3 is 0 Å². The van der Waals surface area contributed by atoms with Gasteiger partial charge in [0.1, 0.15) is 11.6 Å². The molecule has 1 heterocycles. The number of rotatable bonds is 8. The molecule has 34 heavy (non-hydrogen) atoms. The number of piperazine rings is 1. The van der Waals surface area contributed by atoms with Crippen molar-refractivity contribution < 1.29 is 27.1 Å². The summed E-state index contributed by atoms with van der Waals surface area (Å²) >= 11 is 6.01. The van der Waals surface area contributed by atoms with Gasteiger partial charge in [-0.3, -0.25) is 19.2 Å². The standard InChI is InChI=1S/C23H27ClFN3O5S/c1-16-13-27(14-17-3-6-20(25)7-4-17)9-10-28(16)23(30)15-33-21-8-5-19(24)11-18(21)12-22(29)26-34(2,31)32/h3-8,11,16H,9-10,12-15H2,1-2H3,(H,26,29)/t16-/m1/s1. The Balaban J connectivity index is 1.56. The summed E-state index contributed by atoms with van der Waals surface area (Å²) in [6, 6.07) is 10.9. The van der Waals surface area contributed by atoms with Crippen LogP contribution >= 0.6 is 11.6 Å². The highest BCUT2D eigenvalue weighted by molar-refractivity contribution is 7.89. The molecule has 0 unspecified atom stereocenters. The van der Waals surface area contributed by atoms with E-state index in [0.717, 1.165) is 11.8 Å². The predicted octanol–water partition coefficient (Wildman–Crippen LogP) is 2.21. The minimum atomic E-state index is -3.69. The predicted molar refractivity (Wildman–Crippen MR) is 126 cm³/mol. The maximum absolute atomic E-state index is 13.1. The van der Waals surface area contributed by atoms with E-state index in [2.05, 4.69) is 4.90 Å². The van der Waals surface area contributed by atoms with Crippen LogP contribution in [0.5, 0.6) is 5.75 Å². The Labute approximate surface area is 203 Å². The summed E-state index contributed by atoms with van der Waals surface area (Å²) in [7, 11) is -3.69. The number of sulfonamides is 1. The molecule has 0 saturated carbocycles. The molecule has 0 radical (unpaired) electrons. The molecule has 2 aromatic carbocycles. The van der Waals surface area contributed by atoms with Crippen molar-refractivity contribution in [1.82, 2.24) is 14.5 Å². The molecule has 184 valence electrons. The maximum atomic E-state index is 13.1. The van der Waals surface area contributed by atoms with Crippen LogP contribution in [0.15, 0.2) is 42.5 Å². The summed E-state index contributed by atoms with van der Waals surface area (Å²) in [6.07, 6.45) is 0.620. The molecule has 2 amide bonds. The molecule has 0 aliphatic carbocycles. The third kappa shape index (κ3) is 7.68. The Morgan fingerprint density at radius 2 is 1.88 bits per heavy atom. The number of benzene rings is 2. The fourth-order valence-corrected chi connectivity index (χ4v) is 4.54. The minimum absolute atomic E-state index is 0.0458. The van der Waals surface area contributed by atoms with Crippen LogP contribution in [0.4, 0.5) is 4.39 Å². The monoisotopic (exact) mass is 511 g/mol. The van der Waals surface area contributed by atoms with Gasteiger partial charge in [0.05, 0.1) is 12.7 Å². The summed E-state index contributed by atoms with van der Waals surface area (Å²) in [5, 5.41) is 0.353. The molecule has 0 bridgehead atoms. The number of nitrogens with one attached hydrogen (secondary N) is 1. The molecule has 11 heteroatoms. The van der Waals surface area contributed by atoms with E-state index >= 15 is 0 Å². The molecule has 0 spiro atoms. The number of hydrogen-bond donors (Lipinski definition) is 1. The van der Waals surface area contributed by atoms with Crippen LogP contribution < -0.4 is 9.46 Å². The van der Waals surface area contributed by atoms with Gasteiger partial charge in [-0.15, -0.1) is 0 Å². The van der Waals surface area contributed by atoms with E-state index in [1.54, 1.807) is 29.2 Å². The van der Waals surface area contributed by atoms with Crippen molar-refractivity contribution >= 4 is 33.4 Å². The first-order valence-corrected chi connectivity index (χ1v) is 13.0. The van der Waals surface area contributed by atoms with Gasteiger partial charge in [-0.05, 0) is 42.8 Å². The summed E-state index contributed by atoms with van der Waals surface area (Å²) in [5.74, 6) is -0.918. The topological polar surface area (TPSA) is 96.0 Å². The van der Waals surface area contributed by atoms with Gasteiger partial charge in [0.15, 0.2) is 6.61 Å². The third-order valence-electron chi connectivity index (χ3n) is 5.38. The van der Waals surface area contributed by atoms with E-state index in [1.165, 1.54) is 18.2 Å². The fourth-order valence-electron chi connectivity index (χ4n) is 3.86. The van der Waals surface area contributed by atoms with Crippen molar-refractivity contribution in [3.8, 4) is 5.75 Å². The Hall–Kier alpha value is -2.69. The number of carbonyl (C=O) groups is 2. The van der Waals surface area contributed by atoms with E-state index in [9.17, 15) is 22.4 Å². The van der Waals surface area contributed by atoms with Gasteiger partial charge in [-0.2, -0.15) is 0 Å². The number of nitrogens with zero attached hydrogens (tertiary/aromatic N) is 2. The van der Waals surface area contributed by atoms with Crippen LogP contribution in [0.25, 0.3) is 0 Å². The van der Waals surface area contributed by atoms with Crippen LogP contribution in [0.1, 0.15) is 18.1 Å². The zero-order valence-corrected chi connectivity index (χ0v) is 20.5. The smallest absolute Gasteiger partial charge is 0.260 e. The van der Waals surface area contributed by atoms with Crippen LogP contribution in [0.3, 0.4) is 0 Å². The van der Waals surface area contributed by atoms with Gasteiger partial charge in [-0.25, -0.2) is 12.8 Å². The molecule has 1 N–H and O–H groups in total. The van der Waals surface area contributed by atoms with Crippen LogP contribution in [-0.4, -0.2) is 68.6 Å². The Morgan fingerprint density at radius 3 is 2.53 bits per heavy atom. The average molecular weight is 512 g/mol. The Morgan fingerprint density at radius 1 is 1.18 bits per heavy atom. The highest BCUT2D eigenvalue weighted by Crippen LogP contribution is 2.24. The molecule has 1 fully saturated rings. The first-order chi connectivity index (χ1) is 16.0. The van der Waals surface area contributed by atoms with Crippen molar-refractivity contribution in [3.63, 3.8) is 0 Å². The van der Waals surface area contributed by atoms with Crippen molar-refractivity contribution in [1.29, 1.82) is 0 Å². The van der Waals surface area contributed by atoms with Gasteiger partial charge in [0, 0.05) is 42.8 Å². The van der Waals surface area contributed by atoms with Crippen LogP contribution in [0.2, 0.25) is 5.02 Å². The molecule has 1 aliphatic heterocycles. The first-order valence-electron chi connectivity index (χ1n) is 10.7. The minimum Gasteiger partial charge on any atom is -0.483 e. The van der Waals surface area contributed by atoms with Crippen molar-refractivity contribution in [2.75, 3.05) is 32.5 Å². The SMILES string of the molecule is C[C@@H]1CN(Cc2ccc(F)cc2)CCN1C(=O)COc1ccc(Cl)cc1CC(=O)NS(C)(=O)=O. The Bertz CT molecular complexity index is 1140. The molecule has 2 aromatic rings. The molecule has 1 saturated heterocycles. The molecule has 1 atom stereocenters. The summed E-state index contributed by atoms with van der Waals surface area (Å²) in [4.78, 5) is 28.8. The molecular formula is C23H27ClFN3O5S. The molecule has 8 nitrogen and oxygen atoms in total. The second-order valence-electron chi connectivity index (χ2n) is 8.31. The lowest BCUT2D eigenvalue weighted by atomic mass is 10.1. The fraction of sp³-hybridized carbons (Fsp3) is 0.391. The van der Waals surface area contributed by atoms with Gasteiger partial charge in [-0.1, -0.05) is 23.7 Å². The number of ether oxygens (including phenoxy) is 1. The highest BCUT2D eigenvalue weighted by atomic mass is 35.5. The van der Waals surface area contributed by atoms with E-state index in [0.29, 0.717) is 36.8 Å². The lowest BCUT2D eigenvalue weighted by Gasteiger charge is -2.39. The van der Waals surface area contributed by atoms with Crippen molar-refractivity contribution in [2.45, 2.75) is 25.9 Å². The number of carbonyl (C=O) groups excluding carboxylic acids is 2. The second kappa shape index (κ2) is 11.2. The lowest BCUT2D eigenvalue weighted by molar-refractivity contribution is -0.138. The maximum Gasteiger partial charge on any atom is 0.260 e. The largest absolute Gasteiger partial charge is 0.483 e. The molecule has 3 rings (SSSR count). The summed E-state index contributed by atoms with van der Waals surface area (Å²) < 4.78 is 43.3. The number of halogens is 2. The normalized spacial score (nSPS) is 16.8.